The van der Waals surface area contributed by atoms with E-state index < -0.39 is 0 Å². The van der Waals surface area contributed by atoms with Crippen LogP contribution in [0.1, 0.15) is 26.2 Å². The minimum absolute atomic E-state index is 0.197. The van der Waals surface area contributed by atoms with E-state index in [0.717, 1.165) is 77.9 Å². The average Bonchev–Trinajstić information content (AvgIpc) is 3.11. The van der Waals surface area contributed by atoms with Gasteiger partial charge in [-0.25, -0.2) is 0 Å². The van der Waals surface area contributed by atoms with Crippen LogP contribution in [-0.2, 0) is 14.2 Å². The fourth-order valence-corrected chi connectivity index (χ4v) is 2.66. The number of guanidine groups is 1. The van der Waals surface area contributed by atoms with Crippen LogP contribution in [0.15, 0.2) is 4.99 Å². The number of nitrogens with zero attached hydrogens (tertiary/aromatic N) is 2. The van der Waals surface area contributed by atoms with Crippen molar-refractivity contribution >= 4 is 5.96 Å². The molecule has 7 heteroatoms. The van der Waals surface area contributed by atoms with E-state index in [0.29, 0.717) is 5.92 Å². The van der Waals surface area contributed by atoms with Crippen molar-refractivity contribution in [3.05, 3.63) is 0 Å². The zero-order chi connectivity index (χ0) is 18.3. The summed E-state index contributed by atoms with van der Waals surface area (Å²) in [7, 11) is 5.96. The summed E-state index contributed by atoms with van der Waals surface area (Å²) in [5, 5.41) is 6.68. The van der Waals surface area contributed by atoms with E-state index >= 15 is 0 Å². The first kappa shape index (κ1) is 22.2. The third-order valence-electron chi connectivity index (χ3n) is 4.16. The average molecular weight is 359 g/mol. The van der Waals surface area contributed by atoms with Crippen molar-refractivity contribution < 1.29 is 14.2 Å². The summed E-state index contributed by atoms with van der Waals surface area (Å²) in [6.45, 7) is 8.71. The Bertz CT molecular complexity index is 347. The number of hydrogen-bond acceptors (Lipinski definition) is 5. The Morgan fingerprint density at radius 3 is 2.84 bits per heavy atom. The summed E-state index contributed by atoms with van der Waals surface area (Å²) in [5.41, 5.74) is 0. The first-order valence-corrected chi connectivity index (χ1v) is 9.52. The van der Waals surface area contributed by atoms with Gasteiger partial charge in [0.25, 0.3) is 0 Å². The van der Waals surface area contributed by atoms with Crippen LogP contribution in [0.4, 0.5) is 0 Å². The standard InChI is InChI=1S/C18H38N4O3/c1-5-25-17(7-10-22(3)4)13-21-18(19-2)20-9-6-11-23-14-16-8-12-24-15-16/h16-17H,5-15H2,1-4H3,(H2,19,20,21). The van der Waals surface area contributed by atoms with Crippen LogP contribution in [-0.4, -0.2) is 90.8 Å². The Hall–Kier alpha value is -0.890. The maximum absolute atomic E-state index is 5.79. The molecule has 0 spiro atoms. The number of nitrogens with one attached hydrogen (secondary N) is 2. The molecule has 0 amide bonds. The fourth-order valence-electron chi connectivity index (χ4n) is 2.66. The van der Waals surface area contributed by atoms with Crippen LogP contribution in [0.5, 0.6) is 0 Å². The summed E-state index contributed by atoms with van der Waals surface area (Å²) < 4.78 is 16.8. The van der Waals surface area contributed by atoms with Gasteiger partial charge in [-0.05, 0) is 40.3 Å². The normalized spacial score (nSPS) is 19.4. The Balaban J connectivity index is 2.09. The zero-order valence-corrected chi connectivity index (χ0v) is 16.6. The molecule has 1 rings (SSSR count). The van der Waals surface area contributed by atoms with Crippen molar-refractivity contribution in [3.63, 3.8) is 0 Å². The topological polar surface area (TPSA) is 67.4 Å². The van der Waals surface area contributed by atoms with E-state index in [1.54, 1.807) is 7.05 Å². The molecule has 148 valence electrons. The molecule has 0 aromatic rings. The highest BCUT2D eigenvalue weighted by molar-refractivity contribution is 5.79. The molecule has 7 nitrogen and oxygen atoms in total. The lowest BCUT2D eigenvalue weighted by molar-refractivity contribution is 0.0548. The quantitative estimate of drug-likeness (QED) is 0.290. The fraction of sp³-hybridized carbons (Fsp3) is 0.944. The molecule has 1 saturated heterocycles. The molecular weight excluding hydrogens is 320 g/mol. The monoisotopic (exact) mass is 358 g/mol. The van der Waals surface area contributed by atoms with E-state index in [9.17, 15) is 0 Å². The third-order valence-corrected chi connectivity index (χ3v) is 4.16. The molecule has 0 aromatic heterocycles. The molecule has 0 bridgehead atoms. The molecule has 0 aromatic carbocycles. The maximum Gasteiger partial charge on any atom is 0.191 e. The van der Waals surface area contributed by atoms with Crippen LogP contribution in [0.2, 0.25) is 0 Å². The van der Waals surface area contributed by atoms with Gasteiger partial charge in [0.05, 0.1) is 19.3 Å². The first-order chi connectivity index (χ1) is 12.2. The minimum Gasteiger partial charge on any atom is -0.381 e. The summed E-state index contributed by atoms with van der Waals surface area (Å²) >= 11 is 0. The molecule has 1 aliphatic rings. The lowest BCUT2D eigenvalue weighted by atomic mass is 10.1. The van der Waals surface area contributed by atoms with Crippen LogP contribution in [0.3, 0.4) is 0 Å². The minimum atomic E-state index is 0.197. The predicted octanol–water partition coefficient (Wildman–Crippen LogP) is 0.951. The molecule has 2 N–H and O–H groups in total. The van der Waals surface area contributed by atoms with E-state index in [4.69, 9.17) is 14.2 Å². The van der Waals surface area contributed by atoms with Crippen molar-refractivity contribution in [2.24, 2.45) is 10.9 Å². The summed E-state index contributed by atoms with van der Waals surface area (Å²) in [4.78, 5) is 6.44. The first-order valence-electron chi connectivity index (χ1n) is 9.52. The van der Waals surface area contributed by atoms with Gasteiger partial charge in [-0.1, -0.05) is 0 Å². The number of aliphatic imine (C=N–C) groups is 1. The molecule has 1 aliphatic heterocycles. The number of hydrogen-bond donors (Lipinski definition) is 2. The predicted molar refractivity (Wildman–Crippen MR) is 102 cm³/mol. The van der Waals surface area contributed by atoms with Gasteiger partial charge in [0.1, 0.15) is 0 Å². The molecule has 0 radical (unpaired) electrons. The van der Waals surface area contributed by atoms with Crippen molar-refractivity contribution in [1.82, 2.24) is 15.5 Å². The van der Waals surface area contributed by atoms with Gasteiger partial charge in [-0.2, -0.15) is 0 Å². The Kier molecular flexibility index (Phi) is 12.7. The Morgan fingerprint density at radius 1 is 1.36 bits per heavy atom. The summed E-state index contributed by atoms with van der Waals surface area (Å²) in [5.74, 6) is 1.40. The van der Waals surface area contributed by atoms with Gasteiger partial charge in [0.2, 0.25) is 0 Å². The molecule has 1 heterocycles. The third kappa shape index (κ3) is 11.4. The second-order valence-electron chi connectivity index (χ2n) is 6.71. The van der Waals surface area contributed by atoms with Crippen LogP contribution >= 0.6 is 0 Å². The highest BCUT2D eigenvalue weighted by Gasteiger charge is 2.15. The van der Waals surface area contributed by atoms with Gasteiger partial charge in [-0.3, -0.25) is 4.99 Å². The second kappa shape index (κ2) is 14.3. The van der Waals surface area contributed by atoms with E-state index in [-0.39, 0.29) is 6.10 Å². The molecule has 1 fully saturated rings. The van der Waals surface area contributed by atoms with Gasteiger partial charge >= 0.3 is 0 Å². The second-order valence-corrected chi connectivity index (χ2v) is 6.71. The molecule has 2 unspecified atom stereocenters. The lowest BCUT2D eigenvalue weighted by Gasteiger charge is -2.21. The van der Waals surface area contributed by atoms with E-state index in [1.807, 2.05) is 6.92 Å². The summed E-state index contributed by atoms with van der Waals surface area (Å²) in [6.07, 6.45) is 3.29. The highest BCUT2D eigenvalue weighted by atomic mass is 16.5. The largest absolute Gasteiger partial charge is 0.381 e. The SMILES string of the molecule is CCOC(CCN(C)C)CNC(=NC)NCCCOCC1CCOC1. The molecular formula is C18H38N4O3. The number of ether oxygens (including phenoxy) is 3. The smallest absolute Gasteiger partial charge is 0.191 e. The Labute approximate surface area is 153 Å². The molecule has 25 heavy (non-hydrogen) atoms. The van der Waals surface area contributed by atoms with Crippen molar-refractivity contribution in [3.8, 4) is 0 Å². The van der Waals surface area contributed by atoms with Gasteiger partial charge < -0.3 is 29.7 Å². The van der Waals surface area contributed by atoms with E-state index in [1.165, 1.54) is 0 Å². The van der Waals surface area contributed by atoms with Gasteiger partial charge in [-0.15, -0.1) is 0 Å². The zero-order valence-electron chi connectivity index (χ0n) is 16.6. The van der Waals surface area contributed by atoms with Crippen molar-refractivity contribution in [2.45, 2.75) is 32.3 Å². The van der Waals surface area contributed by atoms with Crippen LogP contribution in [0, 0.1) is 5.92 Å². The van der Waals surface area contributed by atoms with Crippen LogP contribution < -0.4 is 10.6 Å². The van der Waals surface area contributed by atoms with Crippen molar-refractivity contribution in [2.75, 3.05) is 73.8 Å². The Morgan fingerprint density at radius 2 is 2.20 bits per heavy atom. The summed E-state index contributed by atoms with van der Waals surface area (Å²) in [6, 6.07) is 0. The molecule has 2 atom stereocenters. The molecule has 0 aliphatic carbocycles. The van der Waals surface area contributed by atoms with E-state index in [2.05, 4.69) is 34.6 Å². The lowest BCUT2D eigenvalue weighted by Crippen LogP contribution is -2.42. The van der Waals surface area contributed by atoms with Gasteiger partial charge in [0, 0.05) is 52.4 Å². The van der Waals surface area contributed by atoms with Gasteiger partial charge in [0.15, 0.2) is 5.96 Å². The number of rotatable bonds is 13. The molecule has 0 saturated carbocycles. The van der Waals surface area contributed by atoms with Crippen LogP contribution in [0.25, 0.3) is 0 Å². The highest BCUT2D eigenvalue weighted by Crippen LogP contribution is 2.12. The van der Waals surface area contributed by atoms with Crippen molar-refractivity contribution in [1.29, 1.82) is 0 Å². The maximum atomic E-state index is 5.79.